The van der Waals surface area contributed by atoms with Gasteiger partial charge in [0.05, 0.1) is 52.8 Å². The number of carbonyl (C=O) groups is 4. The molecule has 10 aromatic carbocycles. The van der Waals surface area contributed by atoms with Crippen molar-refractivity contribution in [3.8, 4) is 0 Å². The summed E-state index contributed by atoms with van der Waals surface area (Å²) in [5.41, 5.74) is 15.3. The molecule has 23 rings (SSSR count). The molecule has 0 aliphatic carbocycles. The maximum atomic E-state index is 11.9. The lowest BCUT2D eigenvalue weighted by molar-refractivity contribution is 0.0204. The average molecular weight is 1950 g/mol. The van der Waals surface area contributed by atoms with Crippen molar-refractivity contribution >= 4 is 57.1 Å². The molecule has 3 aromatic heterocycles. The fourth-order valence-corrected chi connectivity index (χ4v) is 22.2. The third-order valence-corrected chi connectivity index (χ3v) is 29.3. The predicted octanol–water partition coefficient (Wildman–Crippen LogP) is 17.1. The van der Waals surface area contributed by atoms with E-state index in [1.807, 2.05) is 86.3 Å². The molecule has 10 fully saturated rings. The number of hydrogen-bond acceptors (Lipinski definition) is 24. The predicted molar refractivity (Wildman–Crippen MR) is 553 cm³/mol. The van der Waals surface area contributed by atoms with Crippen LogP contribution in [0.15, 0.2) is 346 Å². The largest absolute Gasteiger partial charge is 0.462 e. The zero-order valence-electron chi connectivity index (χ0n) is 81.1. The first kappa shape index (κ1) is 100. The fourth-order valence-electron chi connectivity index (χ4n) is 21.4. The lowest BCUT2D eigenvalue weighted by atomic mass is 9.96. The Hall–Kier alpha value is -13.2. The average Bonchev–Trinajstić information content (AvgIpc) is 1.61. The molecule has 26 nitrogen and oxygen atoms in total. The number of halogens is 1. The highest BCUT2D eigenvalue weighted by molar-refractivity contribution is 7.90. The number of anilines is 2. The number of benzene rings is 10. The summed E-state index contributed by atoms with van der Waals surface area (Å²) in [6, 6.07) is 113. The second-order valence-electron chi connectivity index (χ2n) is 38.7. The van der Waals surface area contributed by atoms with Crippen LogP contribution in [0.3, 0.4) is 0 Å². The molecule has 0 radical (unpaired) electrons. The van der Waals surface area contributed by atoms with Gasteiger partial charge in [0.2, 0.25) is 26.9 Å². The summed E-state index contributed by atoms with van der Waals surface area (Å²) in [4.78, 5) is 87.6. The Morgan fingerprint density at radius 3 is 0.923 bits per heavy atom. The molecule has 28 heteroatoms. The molecule has 5 N–H and O–H groups in total. The second kappa shape index (κ2) is 47.2. The minimum Gasteiger partial charge on any atom is -0.462 e. The fraction of sp³-hybridized carbons (Fsp3) is 0.333. The molecule has 0 saturated carbocycles. The third-order valence-electron chi connectivity index (χ3n) is 27.9. The zero-order chi connectivity index (χ0) is 98.6. The van der Waals surface area contributed by atoms with Crippen LogP contribution in [-0.4, -0.2) is 236 Å². The van der Waals surface area contributed by atoms with E-state index in [1.165, 1.54) is 102 Å². The Bertz CT molecular complexity index is 6020. The number of sulfone groups is 1. The number of rotatable bonds is 21. The molecule has 2 amide bonds. The highest BCUT2D eigenvalue weighted by Gasteiger charge is 2.50. The second-order valence-corrected chi connectivity index (χ2v) is 41.0. The first-order chi connectivity index (χ1) is 69.1. The first-order valence-electron chi connectivity index (χ1n) is 49.2. The molecule has 10 atom stereocenters. The van der Waals surface area contributed by atoms with E-state index < -0.39 is 15.7 Å². The van der Waals surface area contributed by atoms with Crippen molar-refractivity contribution in [3.05, 3.63) is 413 Å². The van der Waals surface area contributed by atoms with Crippen LogP contribution in [0.1, 0.15) is 183 Å². The highest BCUT2D eigenvalue weighted by Crippen LogP contribution is 2.45. The maximum Gasteiger partial charge on any atom is 0.410 e. The number of nitrogens with one attached hydrogen (secondary N) is 4. The molecule has 10 aliphatic rings. The first-order valence-corrected chi connectivity index (χ1v) is 51.6. The normalized spacial score (nSPS) is 21.1. The Kier molecular flexibility index (Phi) is 33.3. The Morgan fingerprint density at radius 1 is 0.387 bits per heavy atom. The number of hydroxylamine groups is 1. The number of amides is 2. The summed E-state index contributed by atoms with van der Waals surface area (Å²) in [6.07, 6.45) is 15.1. The van der Waals surface area contributed by atoms with Gasteiger partial charge >= 0.3 is 12.1 Å². The van der Waals surface area contributed by atoms with Gasteiger partial charge < -0.3 is 40.1 Å². The summed E-state index contributed by atoms with van der Waals surface area (Å²) in [5.74, 6) is 0.143. The van der Waals surface area contributed by atoms with Crippen molar-refractivity contribution in [2.45, 2.75) is 167 Å². The lowest BCUT2D eigenvalue weighted by Gasteiger charge is -2.39. The van der Waals surface area contributed by atoms with E-state index in [1.54, 1.807) is 24.8 Å². The molecule has 142 heavy (non-hydrogen) atoms. The molecule has 10 bridgehead atoms. The van der Waals surface area contributed by atoms with Crippen molar-refractivity contribution in [2.24, 2.45) is 0 Å². The summed E-state index contributed by atoms with van der Waals surface area (Å²) in [6.45, 7) is 19.2. The minimum atomic E-state index is -3.38. The number of likely N-dealkylation sites (tertiary alicyclic amines) is 5. The number of fused-ring (bicyclic) bond motifs is 10. The Morgan fingerprint density at radius 2 is 0.676 bits per heavy atom. The van der Waals surface area contributed by atoms with Gasteiger partial charge in [0.1, 0.15) is 5.60 Å². The van der Waals surface area contributed by atoms with E-state index in [4.69, 9.17) is 26.3 Å². The number of Topliss-reactive ketones (excluding diaryl/α,β-unsaturated/α-hetero) is 1. The van der Waals surface area contributed by atoms with Crippen molar-refractivity contribution in [2.75, 3.05) is 88.1 Å². The Labute approximate surface area is 838 Å². The summed E-state index contributed by atoms with van der Waals surface area (Å²) in [7, 11) is -3.38. The van der Waals surface area contributed by atoms with E-state index >= 15 is 0 Å². The molecule has 13 aromatic rings. The van der Waals surface area contributed by atoms with Gasteiger partial charge in [-0.05, 0) is 122 Å². The summed E-state index contributed by atoms with van der Waals surface area (Å²) in [5, 5.41) is 19.0. The smallest absolute Gasteiger partial charge is 0.410 e. The van der Waals surface area contributed by atoms with Crippen LogP contribution in [0.4, 0.5) is 16.7 Å². The summed E-state index contributed by atoms with van der Waals surface area (Å²) >= 11 is 6.33. The molecule has 10 saturated heterocycles. The van der Waals surface area contributed by atoms with Gasteiger partial charge in [-0.2, -0.15) is 0 Å². The molecule has 13 heterocycles. The van der Waals surface area contributed by atoms with E-state index in [9.17, 15) is 27.6 Å². The van der Waals surface area contributed by atoms with Gasteiger partial charge in [-0.1, -0.05) is 303 Å². The van der Waals surface area contributed by atoms with Crippen LogP contribution < -0.4 is 31.2 Å². The zero-order valence-corrected chi connectivity index (χ0v) is 82.7. The maximum absolute atomic E-state index is 11.9. The SMILES string of the molecule is CC(=O)c1cnc(S(C)(=O)=O)nc1.CC(C)(C)OC(=O)N1C[C@@H]2C[C@H]1CN2.CCOC(=O)c1cnc(N2C[C@@H]3C[C@H]2CN3C(c2ccccc2)c2ccccc2)nc1.ClC(c1ccccc1)c1ccccc1.O=C(NO)c1cnc(N2C[C@@H]3C[C@H]2CN3C(c2ccccc2)c2ccccc2)nc1.c1ccc(C(c2ccccc2)N2C[C@@H]3C[C@H]2CN3)cc1.c1ccc(C(c2ccccc2)N2C[C@@H]3C[C@H]2CN3)cc1. The number of nitrogens with zero attached hydrogens (tertiary/aromatic N) is 13. The number of esters is 1. The number of carbonyl (C=O) groups excluding carboxylic acids is 4. The van der Waals surface area contributed by atoms with Gasteiger partial charge in [-0.3, -0.25) is 34.4 Å². The molecular formula is C114H126ClN17O9S. The minimum absolute atomic E-state index is 0.0441. The van der Waals surface area contributed by atoms with Gasteiger partial charge in [0, 0.05) is 169 Å². The quantitative estimate of drug-likeness (QED) is 0.0112. The van der Waals surface area contributed by atoms with Gasteiger partial charge in [0.25, 0.3) is 5.91 Å². The van der Waals surface area contributed by atoms with Gasteiger partial charge in [-0.25, -0.2) is 53.4 Å². The van der Waals surface area contributed by atoms with Crippen molar-refractivity contribution in [1.29, 1.82) is 0 Å². The standard InChI is InChI=1S/C25H26N4O2.C23H23N5O2.2C18H20N2.C13H11Cl.C10H18N2O2.C7H8N2O3S/c1-2-31-24(30)20-14-26-25(27-15-20)29-17-21-13-22(29)16-28(21)23(18-9-5-3-6-10-18)19-11-7-4-8-12-19;29-22(26-30)18-12-24-23(25-13-18)28-15-19-11-20(28)14-27(19)21(16-7-3-1-4-8-16)17-9-5-2-6-10-17;2*1-3-7-14(8-4-1)18(15-9-5-2-6-10-15)20-13-16-11-17(20)12-19-16;14-13(11-7-3-1-4-8-11)12-9-5-2-6-10-12;1-10(2,3)14-9(13)12-6-7-4-8(12)5-11-7;1-5(10)6-3-8-7(9-4-6)13(2,11)12/h3-12,14-15,21-23H,2,13,16-17H2,1H3;1-10,12-13,19-21,30H,11,14-15H2,(H,26,29);2*1-10,16-19H,11-13H2;1-10,13H;7-8,11H,4-6H2,1-3H3;3-4H,1-2H3/t21-,22-;19-,20-;2*16-,17-;;7-,8-;/m0000.0./s1. The van der Waals surface area contributed by atoms with Crippen LogP contribution in [0, 0.1) is 0 Å². The highest BCUT2D eigenvalue weighted by atomic mass is 35.5. The third kappa shape index (κ3) is 24.9. The van der Waals surface area contributed by atoms with Gasteiger partial charge in [-0.15, -0.1) is 11.6 Å². The molecule has 0 unspecified atom stereocenters. The Balaban J connectivity index is 0.000000117. The molecular weight excluding hydrogens is 1820 g/mol. The monoisotopic (exact) mass is 1940 g/mol. The van der Waals surface area contributed by atoms with E-state index in [0.29, 0.717) is 102 Å². The topological polar surface area (TPSA) is 289 Å². The number of ketones is 1. The van der Waals surface area contributed by atoms with Crippen LogP contribution in [0.2, 0.25) is 0 Å². The number of piperazine rings is 5. The number of aromatic nitrogens is 6. The number of ether oxygens (including phenoxy) is 2. The van der Waals surface area contributed by atoms with Crippen molar-refractivity contribution < 1.29 is 42.3 Å². The molecule has 0 spiro atoms. The van der Waals surface area contributed by atoms with Crippen LogP contribution in [-0.2, 0) is 19.3 Å². The molecule has 734 valence electrons. The van der Waals surface area contributed by atoms with Gasteiger partial charge in [0.15, 0.2) is 5.78 Å². The van der Waals surface area contributed by atoms with E-state index in [2.05, 4.69) is 318 Å². The van der Waals surface area contributed by atoms with Crippen LogP contribution in [0.25, 0.3) is 0 Å². The van der Waals surface area contributed by atoms with Crippen molar-refractivity contribution in [3.63, 3.8) is 0 Å². The van der Waals surface area contributed by atoms with Crippen LogP contribution >= 0.6 is 11.6 Å². The van der Waals surface area contributed by atoms with E-state index in [0.717, 1.165) is 89.0 Å². The van der Waals surface area contributed by atoms with Crippen LogP contribution in [0.5, 0.6) is 0 Å². The molecule has 10 aliphatic heterocycles. The number of hydrogen-bond donors (Lipinski definition) is 5. The van der Waals surface area contributed by atoms with E-state index in [-0.39, 0.29) is 51.6 Å². The van der Waals surface area contributed by atoms with Crippen molar-refractivity contribution in [1.82, 2.24) is 75.8 Å². The summed E-state index contributed by atoms with van der Waals surface area (Å²) < 4.78 is 32.2. The number of alkyl halides is 1. The lowest BCUT2D eigenvalue weighted by Crippen LogP contribution is -2.48.